The maximum absolute atomic E-state index is 14.2. The number of halogens is 4. The van der Waals surface area contributed by atoms with Crippen molar-refractivity contribution in [3.63, 3.8) is 0 Å². The Morgan fingerprint density at radius 1 is 1.14 bits per heavy atom. The number of nitrogens with two attached hydrogens (primary N) is 1. The minimum atomic E-state index is -4.77. The van der Waals surface area contributed by atoms with Gasteiger partial charge >= 0.3 is 6.18 Å². The Kier molecular flexibility index (Phi) is 6.02. The van der Waals surface area contributed by atoms with Gasteiger partial charge in [0.25, 0.3) is 0 Å². The van der Waals surface area contributed by atoms with Crippen LogP contribution in [0.5, 0.6) is 0 Å². The second-order valence-electron chi connectivity index (χ2n) is 6.51. The molecular weight excluding hydrogens is 408 g/mol. The lowest BCUT2D eigenvalue weighted by Gasteiger charge is -2.18. The summed E-state index contributed by atoms with van der Waals surface area (Å²) in [6.07, 6.45) is -7.35. The first-order valence-electron chi connectivity index (χ1n) is 8.57. The highest BCUT2D eigenvalue weighted by Gasteiger charge is 2.39. The van der Waals surface area contributed by atoms with Gasteiger partial charge in [0.2, 0.25) is 0 Å². The van der Waals surface area contributed by atoms with E-state index >= 15 is 0 Å². The largest absolute Gasteiger partial charge is 0.418 e. The molecule has 0 saturated heterocycles. The van der Waals surface area contributed by atoms with Gasteiger partial charge in [-0.1, -0.05) is 30.3 Å². The number of anilines is 1. The third kappa shape index (κ3) is 4.47. The summed E-state index contributed by atoms with van der Waals surface area (Å²) in [5, 5.41) is 20.1. The Labute approximate surface area is 168 Å². The fourth-order valence-electron chi connectivity index (χ4n) is 3.06. The third-order valence-corrected chi connectivity index (χ3v) is 5.51. The summed E-state index contributed by atoms with van der Waals surface area (Å²) < 4.78 is 52.3. The van der Waals surface area contributed by atoms with E-state index in [2.05, 4.69) is 4.98 Å². The number of alkyl halides is 3. The molecule has 0 aliphatic heterocycles. The second kappa shape index (κ2) is 8.17. The highest BCUT2D eigenvalue weighted by molar-refractivity contribution is 7.98. The van der Waals surface area contributed by atoms with Crippen LogP contribution in [0.25, 0.3) is 10.9 Å². The zero-order valence-corrected chi connectivity index (χ0v) is 16.1. The predicted molar refractivity (Wildman–Crippen MR) is 105 cm³/mol. The SMILES string of the molecule is Cc1nc2cccc(F)c2c(N)c1C(O)SCc1cccc([C@H](O)C(F)(F)F)c1. The molecule has 0 bridgehead atoms. The number of pyridine rings is 1. The molecule has 0 spiro atoms. The van der Waals surface area contributed by atoms with Gasteiger partial charge in [-0.25, -0.2) is 4.39 Å². The topological polar surface area (TPSA) is 79.4 Å². The van der Waals surface area contributed by atoms with Gasteiger partial charge in [0.05, 0.1) is 16.6 Å². The lowest BCUT2D eigenvalue weighted by molar-refractivity contribution is -0.206. The van der Waals surface area contributed by atoms with E-state index in [1.54, 1.807) is 19.1 Å². The Morgan fingerprint density at radius 2 is 1.83 bits per heavy atom. The van der Waals surface area contributed by atoms with E-state index in [0.717, 1.165) is 11.8 Å². The van der Waals surface area contributed by atoms with Crippen LogP contribution in [0.3, 0.4) is 0 Å². The van der Waals surface area contributed by atoms with Gasteiger partial charge in [0, 0.05) is 17.0 Å². The summed E-state index contributed by atoms with van der Waals surface area (Å²) in [7, 11) is 0. The third-order valence-electron chi connectivity index (χ3n) is 4.46. The second-order valence-corrected chi connectivity index (χ2v) is 7.58. The number of thioether (sulfide) groups is 1. The molecule has 9 heteroatoms. The average Bonchev–Trinajstić information content (AvgIpc) is 2.65. The van der Waals surface area contributed by atoms with Crippen molar-refractivity contribution in [1.29, 1.82) is 0 Å². The van der Waals surface area contributed by atoms with Crippen molar-refractivity contribution in [3.05, 3.63) is 70.7 Å². The van der Waals surface area contributed by atoms with Crippen LogP contribution >= 0.6 is 11.8 Å². The van der Waals surface area contributed by atoms with Crippen molar-refractivity contribution >= 4 is 28.4 Å². The molecular formula is C20H18F4N2O2S. The van der Waals surface area contributed by atoms with Crippen molar-refractivity contribution in [2.24, 2.45) is 0 Å². The van der Waals surface area contributed by atoms with E-state index in [4.69, 9.17) is 5.73 Å². The van der Waals surface area contributed by atoms with Crippen molar-refractivity contribution in [3.8, 4) is 0 Å². The Bertz CT molecular complexity index is 1040. The fraction of sp³-hybridized carbons (Fsp3) is 0.250. The molecule has 1 aromatic heterocycles. The standard InChI is InChI=1S/C20H18F4N2O2S/c1-10-15(17(25)16-13(21)6-3-7-14(16)26-10)19(28)29-9-11-4-2-5-12(8-11)18(27)20(22,23)24/h2-8,18-19,27-28H,9H2,1H3,(H2,25,26)/t18-,19?/m0/s1. The van der Waals surface area contributed by atoms with E-state index in [0.29, 0.717) is 16.8 Å². The molecule has 0 radical (unpaired) electrons. The molecule has 0 aliphatic carbocycles. The van der Waals surface area contributed by atoms with Crippen LogP contribution in [-0.4, -0.2) is 21.4 Å². The monoisotopic (exact) mass is 426 g/mol. The molecule has 1 unspecified atom stereocenters. The number of fused-ring (bicyclic) bond motifs is 1. The molecule has 3 rings (SSSR count). The van der Waals surface area contributed by atoms with Gasteiger partial charge < -0.3 is 15.9 Å². The lowest BCUT2D eigenvalue weighted by Crippen LogP contribution is -2.20. The van der Waals surface area contributed by atoms with E-state index < -0.39 is 23.5 Å². The summed E-state index contributed by atoms with van der Waals surface area (Å²) in [6, 6.07) is 9.77. The van der Waals surface area contributed by atoms with Gasteiger partial charge in [-0.2, -0.15) is 13.2 Å². The predicted octanol–water partition coefficient (Wildman–Crippen LogP) is 4.78. The van der Waals surface area contributed by atoms with E-state index in [-0.39, 0.29) is 28.0 Å². The van der Waals surface area contributed by atoms with Gasteiger partial charge in [-0.15, -0.1) is 11.8 Å². The Hall–Kier alpha value is -2.36. The van der Waals surface area contributed by atoms with Gasteiger partial charge in [-0.05, 0) is 30.2 Å². The molecule has 154 valence electrons. The van der Waals surface area contributed by atoms with E-state index in [1.165, 1.54) is 30.3 Å². The van der Waals surface area contributed by atoms with Crippen LogP contribution in [-0.2, 0) is 5.75 Å². The number of rotatable bonds is 5. The first-order chi connectivity index (χ1) is 13.6. The molecule has 4 nitrogen and oxygen atoms in total. The van der Waals surface area contributed by atoms with Gasteiger partial charge in [-0.3, -0.25) is 4.98 Å². The zero-order chi connectivity index (χ0) is 21.3. The molecule has 29 heavy (non-hydrogen) atoms. The smallest absolute Gasteiger partial charge is 0.398 e. The summed E-state index contributed by atoms with van der Waals surface area (Å²) in [5.74, 6) is -0.409. The van der Waals surface area contributed by atoms with Crippen LogP contribution in [0.2, 0.25) is 0 Å². The minimum absolute atomic E-state index is 0.0758. The average molecular weight is 426 g/mol. The van der Waals surface area contributed by atoms with Crippen molar-refractivity contribution in [1.82, 2.24) is 4.98 Å². The van der Waals surface area contributed by atoms with Crippen molar-refractivity contribution in [2.75, 3.05) is 5.73 Å². The molecule has 2 aromatic carbocycles. The summed E-state index contributed by atoms with van der Waals surface area (Å²) in [6.45, 7) is 1.64. The zero-order valence-electron chi connectivity index (χ0n) is 15.2. The molecule has 0 aliphatic rings. The van der Waals surface area contributed by atoms with Crippen molar-refractivity contribution in [2.45, 2.75) is 30.4 Å². The number of aryl methyl sites for hydroxylation is 1. The first kappa shape index (κ1) is 21.4. The van der Waals surface area contributed by atoms with Gasteiger partial charge in [0.1, 0.15) is 11.3 Å². The quantitative estimate of drug-likeness (QED) is 0.404. The van der Waals surface area contributed by atoms with E-state index in [9.17, 15) is 27.8 Å². The van der Waals surface area contributed by atoms with Crippen LogP contribution in [0.4, 0.5) is 23.2 Å². The summed E-state index contributed by atoms with van der Waals surface area (Å²) >= 11 is 1.00. The Morgan fingerprint density at radius 3 is 2.52 bits per heavy atom. The Balaban J connectivity index is 1.83. The highest BCUT2D eigenvalue weighted by Crippen LogP contribution is 2.38. The molecule has 0 amide bonds. The molecule has 0 fully saturated rings. The van der Waals surface area contributed by atoms with Crippen LogP contribution in [0.1, 0.15) is 33.9 Å². The highest BCUT2D eigenvalue weighted by atomic mass is 32.2. The molecule has 3 aromatic rings. The number of nitrogen functional groups attached to an aromatic ring is 1. The van der Waals surface area contributed by atoms with Crippen LogP contribution < -0.4 is 5.73 Å². The van der Waals surface area contributed by atoms with E-state index in [1.807, 2.05) is 0 Å². The number of aromatic nitrogens is 1. The fourth-order valence-corrected chi connectivity index (χ4v) is 4.05. The van der Waals surface area contributed by atoms with Crippen molar-refractivity contribution < 1.29 is 27.8 Å². The van der Waals surface area contributed by atoms with Crippen LogP contribution in [0, 0.1) is 12.7 Å². The number of hydrogen-bond donors (Lipinski definition) is 3. The summed E-state index contributed by atoms with van der Waals surface area (Å²) in [5.41, 5.74) is 6.26. The molecule has 2 atom stereocenters. The minimum Gasteiger partial charge on any atom is -0.398 e. The maximum atomic E-state index is 14.2. The maximum Gasteiger partial charge on any atom is 0.418 e. The van der Waals surface area contributed by atoms with Gasteiger partial charge in [0.15, 0.2) is 6.10 Å². The number of aliphatic hydroxyl groups is 2. The lowest BCUT2D eigenvalue weighted by atomic mass is 10.1. The first-order valence-corrected chi connectivity index (χ1v) is 9.62. The molecule has 0 saturated carbocycles. The summed E-state index contributed by atoms with van der Waals surface area (Å²) in [4.78, 5) is 4.29. The molecule has 4 N–H and O–H groups in total. The number of benzene rings is 2. The van der Waals surface area contributed by atoms with Crippen LogP contribution in [0.15, 0.2) is 42.5 Å². The number of aliphatic hydroxyl groups excluding tert-OH is 2. The number of hydrogen-bond acceptors (Lipinski definition) is 5. The molecule has 1 heterocycles. The number of nitrogens with zero attached hydrogens (tertiary/aromatic N) is 1. The normalized spacial score (nSPS) is 14.2.